The zero-order valence-electron chi connectivity index (χ0n) is 14.0. The molecule has 1 N–H and O–H groups in total. The monoisotopic (exact) mass is 392 g/mol. The van der Waals surface area contributed by atoms with Crippen molar-refractivity contribution in [2.75, 3.05) is 6.61 Å². The van der Waals surface area contributed by atoms with Gasteiger partial charge in [0.15, 0.2) is 11.6 Å². The molecule has 0 saturated heterocycles. The van der Waals surface area contributed by atoms with E-state index in [1.165, 1.54) is 23.5 Å². The van der Waals surface area contributed by atoms with Crippen molar-refractivity contribution in [2.45, 2.75) is 18.4 Å². The second-order valence-electron chi connectivity index (χ2n) is 5.37. The number of nitrogens with one attached hydrogen (secondary N) is 1. The topological polar surface area (TPSA) is 68.3 Å². The van der Waals surface area contributed by atoms with Gasteiger partial charge in [0.25, 0.3) is 0 Å². The van der Waals surface area contributed by atoms with E-state index in [0.717, 1.165) is 17.2 Å². The molecule has 0 saturated carbocycles. The minimum absolute atomic E-state index is 0.0263. The molecule has 0 spiro atoms. The predicted molar refractivity (Wildman–Crippen MR) is 99.1 cm³/mol. The lowest BCUT2D eigenvalue weighted by Gasteiger charge is -2.11. The van der Waals surface area contributed by atoms with Crippen LogP contribution >= 0.6 is 11.3 Å². The van der Waals surface area contributed by atoms with E-state index in [1.54, 1.807) is 25.3 Å². The third kappa shape index (κ3) is 4.09. The number of rotatable bonds is 7. The molecule has 0 aliphatic rings. The minimum atomic E-state index is -3.87. The molecule has 0 atom stereocenters. The number of hydrogen-bond donors (Lipinski definition) is 1. The molecule has 0 aliphatic heterocycles. The average Bonchev–Trinajstić information content (AvgIpc) is 3.16. The maximum absolute atomic E-state index is 14.0. The second-order valence-corrected chi connectivity index (χ2v) is 7.92. The van der Waals surface area contributed by atoms with Crippen molar-refractivity contribution in [3.63, 3.8) is 0 Å². The van der Waals surface area contributed by atoms with Crippen LogP contribution in [0.1, 0.15) is 12.5 Å². The first-order valence-electron chi connectivity index (χ1n) is 7.89. The van der Waals surface area contributed by atoms with Gasteiger partial charge < -0.3 is 4.74 Å². The molecule has 0 unspecified atom stereocenters. The summed E-state index contributed by atoms with van der Waals surface area (Å²) in [6.07, 6.45) is 1.66. The minimum Gasteiger partial charge on any atom is -0.491 e. The van der Waals surface area contributed by atoms with Crippen LogP contribution in [-0.4, -0.2) is 20.0 Å². The van der Waals surface area contributed by atoms with Gasteiger partial charge in [0.05, 0.1) is 17.2 Å². The number of nitrogens with zero attached hydrogens (tertiary/aromatic N) is 1. The van der Waals surface area contributed by atoms with Crippen LogP contribution < -0.4 is 9.46 Å². The van der Waals surface area contributed by atoms with Crippen molar-refractivity contribution in [1.29, 1.82) is 0 Å². The zero-order chi connectivity index (χ0) is 18.6. The van der Waals surface area contributed by atoms with Gasteiger partial charge in [0.2, 0.25) is 10.0 Å². The summed E-state index contributed by atoms with van der Waals surface area (Å²) in [5.74, 6) is -0.687. The van der Waals surface area contributed by atoms with Crippen LogP contribution in [0, 0.1) is 5.82 Å². The van der Waals surface area contributed by atoms with E-state index in [2.05, 4.69) is 9.71 Å². The Morgan fingerprint density at radius 1 is 1.27 bits per heavy atom. The van der Waals surface area contributed by atoms with Crippen LogP contribution in [-0.2, 0) is 16.6 Å². The lowest BCUT2D eigenvalue weighted by Crippen LogP contribution is -2.23. The van der Waals surface area contributed by atoms with Crippen LogP contribution in [0.5, 0.6) is 5.75 Å². The first-order valence-corrected chi connectivity index (χ1v) is 10.3. The molecule has 2 heterocycles. The van der Waals surface area contributed by atoms with Gasteiger partial charge in [-0.3, -0.25) is 4.98 Å². The van der Waals surface area contributed by atoms with E-state index in [0.29, 0.717) is 12.3 Å². The van der Waals surface area contributed by atoms with Crippen molar-refractivity contribution in [3.05, 3.63) is 64.7 Å². The average molecular weight is 392 g/mol. The zero-order valence-corrected chi connectivity index (χ0v) is 15.6. The van der Waals surface area contributed by atoms with Crippen LogP contribution in [0.2, 0.25) is 0 Å². The molecular weight excluding hydrogens is 375 g/mol. The fourth-order valence-electron chi connectivity index (χ4n) is 2.42. The number of halogens is 1. The molecule has 3 rings (SSSR count). The Morgan fingerprint density at radius 3 is 2.81 bits per heavy atom. The quantitative estimate of drug-likeness (QED) is 0.664. The van der Waals surface area contributed by atoms with Crippen molar-refractivity contribution < 1.29 is 17.5 Å². The van der Waals surface area contributed by atoms with Crippen molar-refractivity contribution in [3.8, 4) is 17.0 Å². The molecule has 136 valence electrons. The highest BCUT2D eigenvalue weighted by atomic mass is 32.2. The number of aromatic nitrogens is 1. The number of sulfonamides is 1. The van der Waals surface area contributed by atoms with Gasteiger partial charge in [-0.15, -0.1) is 0 Å². The van der Waals surface area contributed by atoms with Crippen LogP contribution in [0.4, 0.5) is 4.39 Å². The SMILES string of the molecule is CCOc1ccc(S(=O)(=O)NCc2cccnc2-c2ccsc2)cc1F. The predicted octanol–water partition coefficient (Wildman–Crippen LogP) is 3.83. The molecule has 26 heavy (non-hydrogen) atoms. The summed E-state index contributed by atoms with van der Waals surface area (Å²) in [6, 6.07) is 9.06. The molecule has 3 aromatic rings. The van der Waals surface area contributed by atoms with E-state index in [9.17, 15) is 12.8 Å². The summed E-state index contributed by atoms with van der Waals surface area (Å²) in [7, 11) is -3.87. The van der Waals surface area contributed by atoms with Gasteiger partial charge in [0, 0.05) is 23.7 Å². The van der Waals surface area contributed by atoms with Gasteiger partial charge in [-0.2, -0.15) is 11.3 Å². The Labute approximate surface area is 155 Å². The normalized spacial score (nSPS) is 11.5. The van der Waals surface area contributed by atoms with Gasteiger partial charge in [-0.05, 0) is 48.2 Å². The molecule has 2 aromatic heterocycles. The number of pyridine rings is 1. The summed E-state index contributed by atoms with van der Waals surface area (Å²) in [6.45, 7) is 2.08. The smallest absolute Gasteiger partial charge is 0.240 e. The van der Waals surface area contributed by atoms with E-state index in [4.69, 9.17) is 4.74 Å². The van der Waals surface area contributed by atoms with Gasteiger partial charge in [0.1, 0.15) is 0 Å². The third-order valence-electron chi connectivity index (χ3n) is 3.65. The highest BCUT2D eigenvalue weighted by molar-refractivity contribution is 7.89. The first-order chi connectivity index (χ1) is 12.5. The lowest BCUT2D eigenvalue weighted by molar-refractivity contribution is 0.321. The standard InChI is InChI=1S/C18H17FN2O3S2/c1-2-24-17-6-5-15(10-16(17)19)26(22,23)21-11-13-4-3-8-20-18(13)14-7-9-25-12-14/h3-10,12,21H,2,11H2,1H3. The Bertz CT molecular complexity index is 989. The number of benzene rings is 1. The highest BCUT2D eigenvalue weighted by Gasteiger charge is 2.18. The molecule has 0 aliphatic carbocycles. The molecule has 1 aromatic carbocycles. The van der Waals surface area contributed by atoms with E-state index in [-0.39, 0.29) is 17.2 Å². The highest BCUT2D eigenvalue weighted by Crippen LogP contribution is 2.24. The van der Waals surface area contributed by atoms with Gasteiger partial charge >= 0.3 is 0 Å². The summed E-state index contributed by atoms with van der Waals surface area (Å²) >= 11 is 1.54. The molecule has 8 heteroatoms. The Balaban J connectivity index is 1.81. The van der Waals surface area contributed by atoms with Gasteiger partial charge in [-0.25, -0.2) is 17.5 Å². The largest absolute Gasteiger partial charge is 0.491 e. The van der Waals surface area contributed by atoms with Gasteiger partial charge in [-0.1, -0.05) is 6.07 Å². The molecule has 5 nitrogen and oxygen atoms in total. The third-order valence-corrected chi connectivity index (χ3v) is 5.73. The van der Waals surface area contributed by atoms with Crippen LogP contribution in [0.3, 0.4) is 0 Å². The second kappa shape index (κ2) is 7.94. The Morgan fingerprint density at radius 2 is 2.12 bits per heavy atom. The molecule has 0 radical (unpaired) electrons. The van der Waals surface area contributed by atoms with E-state index in [1.807, 2.05) is 16.8 Å². The van der Waals surface area contributed by atoms with Crippen LogP contribution in [0.15, 0.2) is 58.3 Å². The maximum Gasteiger partial charge on any atom is 0.240 e. The summed E-state index contributed by atoms with van der Waals surface area (Å²) in [5.41, 5.74) is 2.38. The van der Waals surface area contributed by atoms with Crippen molar-refractivity contribution in [2.24, 2.45) is 0 Å². The Kier molecular flexibility index (Phi) is 5.65. The van der Waals surface area contributed by atoms with Crippen molar-refractivity contribution >= 4 is 21.4 Å². The van der Waals surface area contributed by atoms with Crippen molar-refractivity contribution in [1.82, 2.24) is 9.71 Å². The fraction of sp³-hybridized carbons (Fsp3) is 0.167. The molecule has 0 bridgehead atoms. The molecule has 0 amide bonds. The number of thiophene rings is 1. The lowest BCUT2D eigenvalue weighted by atomic mass is 10.1. The number of hydrogen-bond acceptors (Lipinski definition) is 5. The number of ether oxygens (including phenoxy) is 1. The first kappa shape index (κ1) is 18.5. The summed E-state index contributed by atoms with van der Waals surface area (Å²) < 4.78 is 46.5. The summed E-state index contributed by atoms with van der Waals surface area (Å²) in [5, 5.41) is 3.88. The Hall–Kier alpha value is -2.29. The van der Waals surface area contributed by atoms with E-state index >= 15 is 0 Å². The molecule has 0 fully saturated rings. The van der Waals surface area contributed by atoms with Crippen LogP contribution in [0.25, 0.3) is 11.3 Å². The molecular formula is C18H17FN2O3S2. The maximum atomic E-state index is 14.0. The summed E-state index contributed by atoms with van der Waals surface area (Å²) in [4.78, 5) is 4.18. The fourth-order valence-corrected chi connectivity index (χ4v) is 4.08. The van der Waals surface area contributed by atoms with E-state index < -0.39 is 15.8 Å².